The van der Waals surface area contributed by atoms with Gasteiger partial charge in [0.2, 0.25) is 0 Å². The summed E-state index contributed by atoms with van der Waals surface area (Å²) in [5.41, 5.74) is 8.11. The number of anilines is 1. The predicted octanol–water partition coefficient (Wildman–Crippen LogP) is 3.12. The smallest absolute Gasteiger partial charge is 0.313 e. The largest absolute Gasteiger partial charge is 0.497 e. The predicted molar refractivity (Wildman–Crippen MR) is 82.1 cm³/mol. The van der Waals surface area contributed by atoms with Crippen molar-refractivity contribution in [1.29, 1.82) is 0 Å². The average Bonchev–Trinajstić information content (AvgIpc) is 2.52. The number of benzene rings is 2. The van der Waals surface area contributed by atoms with E-state index < -0.39 is 0 Å². The summed E-state index contributed by atoms with van der Waals surface area (Å²) in [5.74, 6) is 0.120. The van der Waals surface area contributed by atoms with Crippen LogP contribution in [0.1, 0.15) is 24.0 Å². The van der Waals surface area contributed by atoms with Gasteiger partial charge < -0.3 is 15.2 Å². The van der Waals surface area contributed by atoms with E-state index in [9.17, 15) is 4.79 Å². The Bertz CT molecular complexity index is 625. The van der Waals surface area contributed by atoms with Crippen LogP contribution in [-0.4, -0.2) is 13.1 Å². The topological polar surface area (TPSA) is 61.5 Å². The molecule has 0 aliphatic rings. The highest BCUT2D eigenvalue weighted by Crippen LogP contribution is 2.20. The maximum absolute atomic E-state index is 12.1. The highest BCUT2D eigenvalue weighted by molar-refractivity contribution is 5.78. The first-order valence-electron chi connectivity index (χ1n) is 6.75. The minimum absolute atomic E-state index is 0.225. The molecule has 0 aliphatic heterocycles. The minimum atomic E-state index is -0.348. The van der Waals surface area contributed by atoms with Crippen LogP contribution in [0.2, 0.25) is 0 Å². The molecule has 110 valence electrons. The van der Waals surface area contributed by atoms with E-state index in [0.717, 1.165) is 16.9 Å². The molecule has 2 N–H and O–H groups in total. The van der Waals surface area contributed by atoms with Gasteiger partial charge in [-0.25, -0.2) is 0 Å². The fourth-order valence-electron chi connectivity index (χ4n) is 2.01. The Hall–Kier alpha value is -2.49. The standard InChI is InChI=1S/C17H19NO3/c1-12(14-6-4-7-15(18)10-14)17(19)21-11-13-5-3-8-16(9-13)20-2/h3-10,12H,11,18H2,1-2H3. The van der Waals surface area contributed by atoms with E-state index in [1.54, 1.807) is 19.2 Å². The summed E-state index contributed by atoms with van der Waals surface area (Å²) in [5, 5.41) is 0. The maximum atomic E-state index is 12.1. The van der Waals surface area contributed by atoms with Crippen molar-refractivity contribution in [2.45, 2.75) is 19.4 Å². The Balaban J connectivity index is 1.97. The molecule has 0 heterocycles. The van der Waals surface area contributed by atoms with Crippen LogP contribution in [0.4, 0.5) is 5.69 Å². The van der Waals surface area contributed by atoms with E-state index >= 15 is 0 Å². The first-order valence-corrected chi connectivity index (χ1v) is 6.75. The number of rotatable bonds is 5. The molecule has 2 aromatic carbocycles. The van der Waals surface area contributed by atoms with Crippen LogP contribution < -0.4 is 10.5 Å². The summed E-state index contributed by atoms with van der Waals surface area (Å²) in [6.45, 7) is 2.03. The molecule has 0 spiro atoms. The molecule has 0 fully saturated rings. The first kappa shape index (κ1) is 14.9. The van der Waals surface area contributed by atoms with Crippen LogP contribution in [0.25, 0.3) is 0 Å². The number of carbonyl (C=O) groups is 1. The lowest BCUT2D eigenvalue weighted by atomic mass is 10.0. The van der Waals surface area contributed by atoms with Gasteiger partial charge in [-0.05, 0) is 42.3 Å². The van der Waals surface area contributed by atoms with Gasteiger partial charge in [-0.3, -0.25) is 4.79 Å². The summed E-state index contributed by atoms with van der Waals surface area (Å²) >= 11 is 0. The van der Waals surface area contributed by atoms with Crippen LogP contribution in [0.5, 0.6) is 5.75 Å². The molecule has 0 radical (unpaired) electrons. The summed E-state index contributed by atoms with van der Waals surface area (Å²) in [7, 11) is 1.60. The lowest BCUT2D eigenvalue weighted by Crippen LogP contribution is -2.13. The molecule has 0 saturated heterocycles. The molecule has 2 aromatic rings. The average molecular weight is 285 g/mol. The zero-order valence-electron chi connectivity index (χ0n) is 12.2. The van der Waals surface area contributed by atoms with E-state index in [1.165, 1.54) is 0 Å². The lowest BCUT2D eigenvalue weighted by Gasteiger charge is -2.12. The zero-order valence-corrected chi connectivity index (χ0v) is 12.2. The second-order valence-corrected chi connectivity index (χ2v) is 4.85. The van der Waals surface area contributed by atoms with Crippen molar-refractivity contribution in [3.05, 3.63) is 59.7 Å². The van der Waals surface area contributed by atoms with Gasteiger partial charge in [0.25, 0.3) is 0 Å². The SMILES string of the molecule is COc1cccc(COC(=O)C(C)c2cccc(N)c2)c1. The van der Waals surface area contributed by atoms with Crippen LogP contribution in [0, 0.1) is 0 Å². The van der Waals surface area contributed by atoms with Crippen molar-refractivity contribution in [1.82, 2.24) is 0 Å². The van der Waals surface area contributed by atoms with Crippen molar-refractivity contribution < 1.29 is 14.3 Å². The molecule has 1 atom stereocenters. The van der Waals surface area contributed by atoms with Crippen molar-refractivity contribution in [3.8, 4) is 5.75 Å². The molecule has 1 unspecified atom stereocenters. The van der Waals surface area contributed by atoms with Crippen molar-refractivity contribution in [2.24, 2.45) is 0 Å². The summed E-state index contributed by atoms with van der Waals surface area (Å²) < 4.78 is 10.5. The Morgan fingerprint density at radius 1 is 1.19 bits per heavy atom. The number of esters is 1. The van der Waals surface area contributed by atoms with Crippen LogP contribution in [-0.2, 0) is 16.1 Å². The van der Waals surface area contributed by atoms with Gasteiger partial charge in [0.05, 0.1) is 13.0 Å². The van der Waals surface area contributed by atoms with Gasteiger partial charge in [0, 0.05) is 5.69 Å². The number of nitrogen functional groups attached to an aromatic ring is 1. The molecule has 0 saturated carbocycles. The molecule has 0 aromatic heterocycles. The molecule has 0 amide bonds. The molecular weight excluding hydrogens is 266 g/mol. The highest BCUT2D eigenvalue weighted by Gasteiger charge is 2.17. The van der Waals surface area contributed by atoms with Crippen molar-refractivity contribution >= 4 is 11.7 Å². The third kappa shape index (κ3) is 3.99. The van der Waals surface area contributed by atoms with Crippen molar-refractivity contribution in [3.63, 3.8) is 0 Å². The van der Waals surface area contributed by atoms with Gasteiger partial charge >= 0.3 is 5.97 Å². The quantitative estimate of drug-likeness (QED) is 0.677. The second kappa shape index (κ2) is 6.79. The molecule has 0 bridgehead atoms. The van der Waals surface area contributed by atoms with Gasteiger partial charge in [0.15, 0.2) is 0 Å². The minimum Gasteiger partial charge on any atom is -0.497 e. The van der Waals surface area contributed by atoms with Gasteiger partial charge in [-0.2, -0.15) is 0 Å². The molecule has 4 nitrogen and oxygen atoms in total. The van der Waals surface area contributed by atoms with Crippen LogP contribution in [0.15, 0.2) is 48.5 Å². The fourth-order valence-corrected chi connectivity index (χ4v) is 2.01. The first-order chi connectivity index (χ1) is 10.1. The molecule has 4 heteroatoms. The maximum Gasteiger partial charge on any atom is 0.313 e. The zero-order chi connectivity index (χ0) is 15.2. The number of methoxy groups -OCH3 is 1. The Morgan fingerprint density at radius 2 is 1.95 bits per heavy atom. The lowest BCUT2D eigenvalue weighted by molar-refractivity contribution is -0.146. The Labute approximate surface area is 124 Å². The van der Waals surface area contributed by atoms with Gasteiger partial charge in [-0.15, -0.1) is 0 Å². The fraction of sp³-hybridized carbons (Fsp3) is 0.235. The van der Waals surface area contributed by atoms with E-state index in [-0.39, 0.29) is 18.5 Å². The van der Waals surface area contributed by atoms with Crippen LogP contribution in [0.3, 0.4) is 0 Å². The Morgan fingerprint density at radius 3 is 2.67 bits per heavy atom. The molecule has 0 aliphatic carbocycles. The number of hydrogen-bond acceptors (Lipinski definition) is 4. The number of nitrogens with two attached hydrogens (primary N) is 1. The van der Waals surface area contributed by atoms with Crippen LogP contribution >= 0.6 is 0 Å². The van der Waals surface area contributed by atoms with Crippen molar-refractivity contribution in [2.75, 3.05) is 12.8 Å². The van der Waals surface area contributed by atoms with Gasteiger partial charge in [-0.1, -0.05) is 24.3 Å². The third-order valence-electron chi connectivity index (χ3n) is 3.28. The van der Waals surface area contributed by atoms with E-state index in [2.05, 4.69) is 0 Å². The number of hydrogen-bond donors (Lipinski definition) is 1. The third-order valence-corrected chi connectivity index (χ3v) is 3.28. The summed E-state index contributed by atoms with van der Waals surface area (Å²) in [6.07, 6.45) is 0. The van der Waals surface area contributed by atoms with E-state index in [1.807, 2.05) is 43.3 Å². The number of carbonyl (C=O) groups excluding carboxylic acids is 1. The Kier molecular flexibility index (Phi) is 4.82. The molecular formula is C17H19NO3. The molecule has 21 heavy (non-hydrogen) atoms. The van der Waals surface area contributed by atoms with Gasteiger partial charge in [0.1, 0.15) is 12.4 Å². The monoisotopic (exact) mass is 285 g/mol. The van der Waals surface area contributed by atoms with E-state index in [4.69, 9.17) is 15.2 Å². The molecule has 2 rings (SSSR count). The summed E-state index contributed by atoms with van der Waals surface area (Å²) in [4.78, 5) is 12.1. The second-order valence-electron chi connectivity index (χ2n) is 4.85. The van der Waals surface area contributed by atoms with E-state index in [0.29, 0.717) is 5.69 Å². The highest BCUT2D eigenvalue weighted by atomic mass is 16.5. The summed E-state index contributed by atoms with van der Waals surface area (Å²) in [6, 6.07) is 14.7. The normalized spacial score (nSPS) is 11.7. The number of ether oxygens (including phenoxy) is 2.